The first kappa shape index (κ1) is 11.9. The van der Waals surface area contributed by atoms with Crippen LogP contribution >= 0.6 is 11.6 Å². The molecule has 1 rings (SSSR count). The fourth-order valence-electron chi connectivity index (χ4n) is 1.11. The van der Waals surface area contributed by atoms with Crippen molar-refractivity contribution < 1.29 is 4.79 Å². The number of halogens is 1. The average Bonchev–Trinajstić information content (AvgIpc) is 2.20. The van der Waals surface area contributed by atoms with Crippen molar-refractivity contribution >= 4 is 23.2 Å². The summed E-state index contributed by atoms with van der Waals surface area (Å²) in [6, 6.07) is 1.79. The van der Waals surface area contributed by atoms with Crippen LogP contribution in [0.1, 0.15) is 18.4 Å². The third-order valence-electron chi connectivity index (χ3n) is 1.91. The Labute approximate surface area is 93.8 Å². The van der Waals surface area contributed by atoms with Crippen LogP contribution in [0.4, 0.5) is 5.69 Å². The molecule has 4 nitrogen and oxygen atoms in total. The first-order valence-corrected chi connectivity index (χ1v) is 5.13. The summed E-state index contributed by atoms with van der Waals surface area (Å²) in [6.45, 7) is 2.36. The van der Waals surface area contributed by atoms with Crippen molar-refractivity contribution in [1.82, 2.24) is 4.98 Å². The van der Waals surface area contributed by atoms with Crippen LogP contribution in [0, 0.1) is 6.92 Å². The van der Waals surface area contributed by atoms with E-state index >= 15 is 0 Å². The van der Waals surface area contributed by atoms with Gasteiger partial charge in [0.15, 0.2) is 0 Å². The van der Waals surface area contributed by atoms with Gasteiger partial charge in [0.05, 0.1) is 11.9 Å². The van der Waals surface area contributed by atoms with Crippen LogP contribution in [0.3, 0.4) is 0 Å². The molecule has 3 N–H and O–H groups in total. The quantitative estimate of drug-likeness (QED) is 0.770. The Morgan fingerprint density at radius 3 is 3.00 bits per heavy atom. The fourth-order valence-corrected chi connectivity index (χ4v) is 1.22. The molecule has 1 heterocycles. The number of carbonyl (C=O) groups excluding carboxylic acids is 1. The zero-order chi connectivity index (χ0) is 11.3. The molecule has 0 radical (unpaired) electrons. The molecule has 0 spiro atoms. The van der Waals surface area contributed by atoms with Crippen molar-refractivity contribution in [2.45, 2.75) is 19.8 Å². The predicted molar refractivity (Wildman–Crippen MR) is 60.9 cm³/mol. The van der Waals surface area contributed by atoms with Crippen LogP contribution in [0.25, 0.3) is 0 Å². The predicted octanol–water partition coefficient (Wildman–Crippen LogP) is 1.72. The number of nitrogens with one attached hydrogen (secondary N) is 1. The molecule has 1 aromatic heterocycles. The van der Waals surface area contributed by atoms with Crippen molar-refractivity contribution in [2.75, 3.05) is 11.9 Å². The van der Waals surface area contributed by atoms with E-state index in [1.807, 2.05) is 6.92 Å². The molecule has 0 unspecified atom stereocenters. The highest BCUT2D eigenvalue weighted by molar-refractivity contribution is 6.30. The Balaban J connectivity index is 2.57. The van der Waals surface area contributed by atoms with Gasteiger partial charge in [-0.05, 0) is 31.5 Å². The second kappa shape index (κ2) is 5.68. The maximum Gasteiger partial charge on any atom is 0.224 e. The van der Waals surface area contributed by atoms with Gasteiger partial charge in [-0.25, -0.2) is 4.98 Å². The molecule has 0 aromatic carbocycles. The zero-order valence-electron chi connectivity index (χ0n) is 8.59. The van der Waals surface area contributed by atoms with Gasteiger partial charge in [-0.3, -0.25) is 4.79 Å². The number of amides is 1. The number of hydrogen-bond donors (Lipinski definition) is 2. The van der Waals surface area contributed by atoms with Crippen LogP contribution in [-0.4, -0.2) is 17.4 Å². The van der Waals surface area contributed by atoms with E-state index in [2.05, 4.69) is 10.3 Å². The molecule has 0 saturated heterocycles. The van der Waals surface area contributed by atoms with E-state index in [9.17, 15) is 4.79 Å². The van der Waals surface area contributed by atoms with Crippen molar-refractivity contribution in [2.24, 2.45) is 5.73 Å². The first-order chi connectivity index (χ1) is 7.13. The van der Waals surface area contributed by atoms with E-state index in [0.717, 1.165) is 5.56 Å². The van der Waals surface area contributed by atoms with Gasteiger partial charge in [-0.2, -0.15) is 0 Å². The van der Waals surface area contributed by atoms with E-state index in [1.165, 1.54) is 6.20 Å². The summed E-state index contributed by atoms with van der Waals surface area (Å²) < 4.78 is 0. The van der Waals surface area contributed by atoms with E-state index in [1.54, 1.807) is 6.07 Å². The summed E-state index contributed by atoms with van der Waals surface area (Å²) in [4.78, 5) is 15.3. The van der Waals surface area contributed by atoms with Crippen LogP contribution in [0.15, 0.2) is 12.3 Å². The first-order valence-electron chi connectivity index (χ1n) is 4.75. The fraction of sp³-hybridized carbons (Fsp3) is 0.400. The molecule has 1 aromatic rings. The highest BCUT2D eigenvalue weighted by Crippen LogP contribution is 2.16. The van der Waals surface area contributed by atoms with Crippen molar-refractivity contribution in [3.05, 3.63) is 23.0 Å². The summed E-state index contributed by atoms with van der Waals surface area (Å²) in [5.41, 5.74) is 6.81. The Morgan fingerprint density at radius 1 is 1.67 bits per heavy atom. The third-order valence-corrected chi connectivity index (χ3v) is 2.30. The summed E-state index contributed by atoms with van der Waals surface area (Å²) in [5.74, 6) is -0.0519. The lowest BCUT2D eigenvalue weighted by Crippen LogP contribution is -2.13. The minimum absolute atomic E-state index is 0.0519. The van der Waals surface area contributed by atoms with Gasteiger partial charge in [0, 0.05) is 6.42 Å². The number of aryl methyl sites for hydroxylation is 1. The van der Waals surface area contributed by atoms with Gasteiger partial charge >= 0.3 is 0 Å². The number of carbonyl (C=O) groups is 1. The number of nitrogens with zero attached hydrogens (tertiary/aromatic N) is 1. The topological polar surface area (TPSA) is 68.0 Å². The monoisotopic (exact) mass is 227 g/mol. The molecule has 1 amide bonds. The molecule has 0 saturated carbocycles. The lowest BCUT2D eigenvalue weighted by molar-refractivity contribution is -0.116. The number of aromatic nitrogens is 1. The molecule has 0 bridgehead atoms. The average molecular weight is 228 g/mol. The Kier molecular flexibility index (Phi) is 4.52. The molecule has 0 aliphatic carbocycles. The van der Waals surface area contributed by atoms with Gasteiger partial charge in [-0.1, -0.05) is 11.6 Å². The third kappa shape index (κ3) is 3.85. The van der Waals surface area contributed by atoms with Gasteiger partial charge in [0.1, 0.15) is 5.15 Å². The maximum atomic E-state index is 11.3. The van der Waals surface area contributed by atoms with E-state index in [0.29, 0.717) is 30.2 Å². The van der Waals surface area contributed by atoms with E-state index in [-0.39, 0.29) is 5.91 Å². The molecule has 0 aliphatic rings. The molecule has 0 aliphatic heterocycles. The molecular formula is C10H14ClN3O. The minimum Gasteiger partial charge on any atom is -0.330 e. The molecule has 5 heteroatoms. The summed E-state index contributed by atoms with van der Waals surface area (Å²) in [5, 5.41) is 3.18. The van der Waals surface area contributed by atoms with Gasteiger partial charge in [-0.15, -0.1) is 0 Å². The Morgan fingerprint density at radius 2 is 2.40 bits per heavy atom. The summed E-state index contributed by atoms with van der Waals surface area (Å²) >= 11 is 5.76. The van der Waals surface area contributed by atoms with E-state index in [4.69, 9.17) is 17.3 Å². The van der Waals surface area contributed by atoms with Crippen molar-refractivity contribution in [3.8, 4) is 0 Å². The maximum absolute atomic E-state index is 11.3. The molecule has 0 fully saturated rings. The number of nitrogens with two attached hydrogens (primary N) is 1. The SMILES string of the molecule is Cc1cc(NC(=O)CCCN)cnc1Cl. The van der Waals surface area contributed by atoms with Crippen molar-refractivity contribution in [3.63, 3.8) is 0 Å². The standard InChI is InChI=1S/C10H14ClN3O/c1-7-5-8(6-13-10(7)11)14-9(15)3-2-4-12/h5-6H,2-4,12H2,1H3,(H,14,15). The highest BCUT2D eigenvalue weighted by atomic mass is 35.5. The number of rotatable bonds is 4. The van der Waals surface area contributed by atoms with Crippen LogP contribution < -0.4 is 11.1 Å². The summed E-state index contributed by atoms with van der Waals surface area (Å²) in [7, 11) is 0. The minimum atomic E-state index is -0.0519. The molecule has 82 valence electrons. The molecular weight excluding hydrogens is 214 g/mol. The molecule has 0 atom stereocenters. The highest BCUT2D eigenvalue weighted by Gasteiger charge is 2.03. The second-order valence-electron chi connectivity index (χ2n) is 3.27. The van der Waals surface area contributed by atoms with Gasteiger partial charge < -0.3 is 11.1 Å². The van der Waals surface area contributed by atoms with Crippen LogP contribution in [0.2, 0.25) is 5.15 Å². The summed E-state index contributed by atoms with van der Waals surface area (Å²) in [6.07, 6.45) is 2.65. The lowest BCUT2D eigenvalue weighted by Gasteiger charge is -2.05. The van der Waals surface area contributed by atoms with Gasteiger partial charge in [0.25, 0.3) is 0 Å². The normalized spacial score (nSPS) is 10.1. The van der Waals surface area contributed by atoms with Gasteiger partial charge in [0.2, 0.25) is 5.91 Å². The number of anilines is 1. The van der Waals surface area contributed by atoms with Crippen LogP contribution in [-0.2, 0) is 4.79 Å². The van der Waals surface area contributed by atoms with Crippen molar-refractivity contribution in [1.29, 1.82) is 0 Å². The lowest BCUT2D eigenvalue weighted by atomic mass is 10.2. The smallest absolute Gasteiger partial charge is 0.224 e. The van der Waals surface area contributed by atoms with E-state index < -0.39 is 0 Å². The molecule has 15 heavy (non-hydrogen) atoms. The number of hydrogen-bond acceptors (Lipinski definition) is 3. The number of pyridine rings is 1. The van der Waals surface area contributed by atoms with Crippen LogP contribution in [0.5, 0.6) is 0 Å². The largest absolute Gasteiger partial charge is 0.330 e. The Bertz CT molecular complexity index is 355. The Hall–Kier alpha value is -1.13. The second-order valence-corrected chi connectivity index (χ2v) is 3.63. The zero-order valence-corrected chi connectivity index (χ0v) is 9.34.